The summed E-state index contributed by atoms with van der Waals surface area (Å²) in [5, 5.41) is 7.84. The molecule has 0 radical (unpaired) electrons. The van der Waals surface area contributed by atoms with E-state index < -0.39 is 0 Å². The molecule has 0 aliphatic carbocycles. The zero-order chi connectivity index (χ0) is 11.5. The molecule has 0 aromatic carbocycles. The maximum absolute atomic E-state index is 5.59. The molecule has 2 aromatic rings. The van der Waals surface area contributed by atoms with Gasteiger partial charge in [-0.3, -0.25) is 0 Å². The first-order valence-corrected chi connectivity index (χ1v) is 6.42. The first kappa shape index (κ1) is 11.4. The van der Waals surface area contributed by atoms with Gasteiger partial charge >= 0.3 is 0 Å². The Morgan fingerprint density at radius 1 is 1.31 bits per heavy atom. The van der Waals surface area contributed by atoms with Crippen LogP contribution in [0.1, 0.15) is 35.6 Å². The van der Waals surface area contributed by atoms with E-state index >= 15 is 0 Å². The van der Waals surface area contributed by atoms with Crippen molar-refractivity contribution in [2.75, 3.05) is 0 Å². The van der Waals surface area contributed by atoms with Crippen molar-refractivity contribution >= 4 is 11.3 Å². The van der Waals surface area contributed by atoms with Gasteiger partial charge in [0.25, 0.3) is 0 Å². The standard InChI is InChI=1S/C13H17NOS/c1-9-7-16-8-12(9)6-14-11(3)13-5-4-10(2)15-13/h4-5,7-8,11,14H,6H2,1-3H3. The number of hydrogen-bond donors (Lipinski definition) is 1. The lowest BCUT2D eigenvalue weighted by Gasteiger charge is -2.11. The molecule has 2 nitrogen and oxygen atoms in total. The quantitative estimate of drug-likeness (QED) is 0.871. The molecule has 0 fully saturated rings. The van der Waals surface area contributed by atoms with E-state index in [1.807, 2.05) is 19.1 Å². The average Bonchev–Trinajstić information content (AvgIpc) is 2.84. The molecule has 0 amide bonds. The average molecular weight is 235 g/mol. The Hall–Kier alpha value is -1.06. The van der Waals surface area contributed by atoms with Gasteiger partial charge in [0.15, 0.2) is 0 Å². The molecule has 1 N–H and O–H groups in total. The van der Waals surface area contributed by atoms with Gasteiger partial charge in [0, 0.05) is 6.54 Å². The van der Waals surface area contributed by atoms with Gasteiger partial charge in [-0.25, -0.2) is 0 Å². The third kappa shape index (κ3) is 2.54. The van der Waals surface area contributed by atoms with E-state index in [-0.39, 0.29) is 6.04 Å². The fraction of sp³-hybridized carbons (Fsp3) is 0.385. The van der Waals surface area contributed by atoms with Gasteiger partial charge in [0.1, 0.15) is 11.5 Å². The van der Waals surface area contributed by atoms with Crippen LogP contribution in [0.3, 0.4) is 0 Å². The maximum Gasteiger partial charge on any atom is 0.120 e. The Labute approximate surface area is 100 Å². The van der Waals surface area contributed by atoms with Gasteiger partial charge in [-0.1, -0.05) is 0 Å². The van der Waals surface area contributed by atoms with Crippen molar-refractivity contribution < 1.29 is 4.42 Å². The van der Waals surface area contributed by atoms with Gasteiger partial charge in [-0.05, 0) is 54.8 Å². The third-order valence-corrected chi connectivity index (χ3v) is 3.66. The van der Waals surface area contributed by atoms with E-state index in [1.54, 1.807) is 11.3 Å². The van der Waals surface area contributed by atoms with Crippen LogP contribution in [0.5, 0.6) is 0 Å². The van der Waals surface area contributed by atoms with E-state index in [0.29, 0.717) is 0 Å². The number of furan rings is 1. The summed E-state index contributed by atoms with van der Waals surface area (Å²) in [7, 11) is 0. The van der Waals surface area contributed by atoms with Crippen molar-refractivity contribution in [1.82, 2.24) is 5.32 Å². The van der Waals surface area contributed by atoms with Gasteiger partial charge in [0.05, 0.1) is 6.04 Å². The van der Waals surface area contributed by atoms with E-state index in [9.17, 15) is 0 Å². The summed E-state index contributed by atoms with van der Waals surface area (Å²) in [5.41, 5.74) is 2.74. The molecule has 0 aliphatic heterocycles. The lowest BCUT2D eigenvalue weighted by Crippen LogP contribution is -2.17. The number of thiophene rings is 1. The van der Waals surface area contributed by atoms with Crippen LogP contribution in [0.4, 0.5) is 0 Å². The zero-order valence-electron chi connectivity index (χ0n) is 9.91. The van der Waals surface area contributed by atoms with Crippen LogP contribution in [0.25, 0.3) is 0 Å². The topological polar surface area (TPSA) is 25.2 Å². The lowest BCUT2D eigenvalue weighted by molar-refractivity contribution is 0.416. The molecule has 2 heterocycles. The van der Waals surface area contributed by atoms with Crippen molar-refractivity contribution in [2.24, 2.45) is 0 Å². The molecular formula is C13H17NOS. The molecule has 0 saturated carbocycles. The fourth-order valence-electron chi connectivity index (χ4n) is 1.62. The van der Waals surface area contributed by atoms with Crippen molar-refractivity contribution in [3.8, 4) is 0 Å². The molecule has 1 atom stereocenters. The Morgan fingerprint density at radius 3 is 2.69 bits per heavy atom. The highest BCUT2D eigenvalue weighted by Crippen LogP contribution is 2.18. The highest BCUT2D eigenvalue weighted by atomic mass is 32.1. The van der Waals surface area contributed by atoms with Crippen LogP contribution in [0.15, 0.2) is 27.3 Å². The minimum absolute atomic E-state index is 0.257. The number of aryl methyl sites for hydroxylation is 2. The molecule has 3 heteroatoms. The first-order chi connectivity index (χ1) is 7.66. The monoisotopic (exact) mass is 235 g/mol. The molecule has 2 aromatic heterocycles. The van der Waals surface area contributed by atoms with Crippen molar-refractivity contribution in [2.45, 2.75) is 33.4 Å². The SMILES string of the molecule is Cc1ccc(C(C)NCc2cscc2C)o1. The van der Waals surface area contributed by atoms with Gasteiger partial charge in [-0.2, -0.15) is 11.3 Å². The van der Waals surface area contributed by atoms with Crippen LogP contribution in [-0.4, -0.2) is 0 Å². The Morgan fingerprint density at radius 2 is 2.12 bits per heavy atom. The van der Waals surface area contributed by atoms with Crippen LogP contribution >= 0.6 is 11.3 Å². The van der Waals surface area contributed by atoms with E-state index in [0.717, 1.165) is 18.1 Å². The minimum Gasteiger partial charge on any atom is -0.465 e. The summed E-state index contributed by atoms with van der Waals surface area (Å²) in [6, 6.07) is 4.30. The molecule has 1 unspecified atom stereocenters. The molecule has 0 saturated heterocycles. The predicted octanol–water partition coefficient (Wildman–Crippen LogP) is 3.81. The molecule has 0 spiro atoms. The first-order valence-electron chi connectivity index (χ1n) is 5.48. The summed E-state index contributed by atoms with van der Waals surface area (Å²) in [6.45, 7) is 7.14. The van der Waals surface area contributed by atoms with Gasteiger partial charge in [0.2, 0.25) is 0 Å². The maximum atomic E-state index is 5.59. The fourth-order valence-corrected chi connectivity index (χ4v) is 2.47. The van der Waals surface area contributed by atoms with E-state index in [4.69, 9.17) is 4.42 Å². The van der Waals surface area contributed by atoms with Gasteiger partial charge in [-0.15, -0.1) is 0 Å². The zero-order valence-corrected chi connectivity index (χ0v) is 10.7. The Bertz CT molecular complexity index is 458. The summed E-state index contributed by atoms with van der Waals surface area (Å²) >= 11 is 1.75. The van der Waals surface area contributed by atoms with Crippen LogP contribution < -0.4 is 5.32 Å². The second-order valence-electron chi connectivity index (χ2n) is 4.13. The molecule has 16 heavy (non-hydrogen) atoms. The molecule has 0 aliphatic rings. The molecule has 86 valence electrons. The Kier molecular flexibility index (Phi) is 3.46. The summed E-state index contributed by atoms with van der Waals surface area (Å²) < 4.78 is 5.59. The van der Waals surface area contributed by atoms with Crippen molar-refractivity contribution in [3.63, 3.8) is 0 Å². The second kappa shape index (κ2) is 4.85. The Balaban J connectivity index is 1.93. The predicted molar refractivity (Wildman–Crippen MR) is 67.8 cm³/mol. The highest BCUT2D eigenvalue weighted by molar-refractivity contribution is 7.08. The summed E-state index contributed by atoms with van der Waals surface area (Å²) in [5.74, 6) is 1.97. The molecular weight excluding hydrogens is 218 g/mol. The highest BCUT2D eigenvalue weighted by Gasteiger charge is 2.09. The second-order valence-corrected chi connectivity index (χ2v) is 4.87. The number of hydrogen-bond acceptors (Lipinski definition) is 3. The van der Waals surface area contributed by atoms with Gasteiger partial charge < -0.3 is 9.73 Å². The summed E-state index contributed by atoms with van der Waals surface area (Å²) in [6.07, 6.45) is 0. The smallest absolute Gasteiger partial charge is 0.120 e. The molecule has 0 bridgehead atoms. The van der Waals surface area contributed by atoms with E-state index in [2.05, 4.69) is 29.9 Å². The van der Waals surface area contributed by atoms with Crippen LogP contribution in [0.2, 0.25) is 0 Å². The van der Waals surface area contributed by atoms with E-state index in [1.165, 1.54) is 11.1 Å². The molecule has 2 rings (SSSR count). The van der Waals surface area contributed by atoms with Crippen molar-refractivity contribution in [1.29, 1.82) is 0 Å². The minimum atomic E-state index is 0.257. The third-order valence-electron chi connectivity index (χ3n) is 2.75. The number of nitrogens with one attached hydrogen (secondary N) is 1. The number of rotatable bonds is 4. The van der Waals surface area contributed by atoms with Crippen LogP contribution in [-0.2, 0) is 6.54 Å². The van der Waals surface area contributed by atoms with Crippen molar-refractivity contribution in [3.05, 3.63) is 45.5 Å². The largest absolute Gasteiger partial charge is 0.465 e. The lowest BCUT2D eigenvalue weighted by atomic mass is 10.2. The normalized spacial score (nSPS) is 12.9. The summed E-state index contributed by atoms with van der Waals surface area (Å²) in [4.78, 5) is 0. The van der Waals surface area contributed by atoms with Crippen LogP contribution in [0, 0.1) is 13.8 Å².